The molecular formula is C13H13NO4. The highest BCUT2D eigenvalue weighted by Crippen LogP contribution is 2.28. The van der Waals surface area contributed by atoms with Crippen molar-refractivity contribution in [3.8, 4) is 0 Å². The first-order valence-corrected chi connectivity index (χ1v) is 5.74. The number of benzene rings is 1. The van der Waals surface area contributed by atoms with E-state index in [2.05, 4.69) is 0 Å². The van der Waals surface area contributed by atoms with Crippen LogP contribution < -0.4 is 5.73 Å². The van der Waals surface area contributed by atoms with Crippen LogP contribution in [0, 0.1) is 0 Å². The lowest BCUT2D eigenvalue weighted by Gasteiger charge is -2.16. The smallest absolute Gasteiger partial charge is 0.336 e. The Kier molecular flexibility index (Phi) is 3.14. The molecule has 1 aliphatic carbocycles. The van der Waals surface area contributed by atoms with E-state index < -0.39 is 5.97 Å². The number of carbonyl (C=O) groups excluding carboxylic acids is 2. The number of ketones is 2. The number of anilines is 1. The SMILES string of the molecule is Nc1ccc(C(=O)O)c2c1C(=O)CCCCC2=O. The van der Waals surface area contributed by atoms with E-state index in [0.717, 1.165) is 0 Å². The lowest BCUT2D eigenvalue weighted by Crippen LogP contribution is -2.19. The first kappa shape index (κ1) is 12.3. The van der Waals surface area contributed by atoms with Gasteiger partial charge in [-0.2, -0.15) is 0 Å². The number of carboxylic acid groups (broad SMARTS) is 1. The highest BCUT2D eigenvalue weighted by Gasteiger charge is 2.27. The highest BCUT2D eigenvalue weighted by molar-refractivity contribution is 6.16. The fraction of sp³-hybridized carbons (Fsp3) is 0.308. The third-order valence-electron chi connectivity index (χ3n) is 3.08. The molecule has 0 bridgehead atoms. The van der Waals surface area contributed by atoms with Crippen LogP contribution in [0.4, 0.5) is 5.69 Å². The second kappa shape index (κ2) is 4.60. The van der Waals surface area contributed by atoms with E-state index in [1.807, 2.05) is 0 Å². The molecule has 0 fully saturated rings. The summed E-state index contributed by atoms with van der Waals surface area (Å²) in [5.74, 6) is -1.78. The number of hydrogen-bond acceptors (Lipinski definition) is 4. The van der Waals surface area contributed by atoms with Crippen LogP contribution >= 0.6 is 0 Å². The van der Waals surface area contributed by atoms with Gasteiger partial charge in [0.15, 0.2) is 11.6 Å². The maximum atomic E-state index is 12.0. The number of carbonyl (C=O) groups is 3. The Morgan fingerprint density at radius 3 is 2.17 bits per heavy atom. The summed E-state index contributed by atoms with van der Waals surface area (Å²) in [5, 5.41) is 9.09. The Morgan fingerprint density at radius 2 is 1.61 bits per heavy atom. The first-order valence-electron chi connectivity index (χ1n) is 5.74. The summed E-state index contributed by atoms with van der Waals surface area (Å²) >= 11 is 0. The van der Waals surface area contributed by atoms with Gasteiger partial charge < -0.3 is 10.8 Å². The van der Waals surface area contributed by atoms with Gasteiger partial charge in [0.25, 0.3) is 0 Å². The quantitative estimate of drug-likeness (QED) is 0.738. The van der Waals surface area contributed by atoms with E-state index in [0.29, 0.717) is 19.3 Å². The second-order valence-electron chi connectivity index (χ2n) is 4.31. The van der Waals surface area contributed by atoms with Gasteiger partial charge in [0.2, 0.25) is 0 Å². The lowest BCUT2D eigenvalue weighted by atomic mass is 9.87. The molecule has 0 aliphatic heterocycles. The van der Waals surface area contributed by atoms with E-state index in [1.165, 1.54) is 12.1 Å². The molecule has 0 saturated carbocycles. The van der Waals surface area contributed by atoms with Crippen molar-refractivity contribution in [1.29, 1.82) is 0 Å². The zero-order valence-corrected chi connectivity index (χ0v) is 9.73. The number of nitrogens with two attached hydrogens (primary N) is 1. The van der Waals surface area contributed by atoms with Gasteiger partial charge in [-0.05, 0) is 25.0 Å². The van der Waals surface area contributed by atoms with E-state index in [9.17, 15) is 14.4 Å². The number of nitrogen functional groups attached to an aromatic ring is 1. The minimum Gasteiger partial charge on any atom is -0.478 e. The summed E-state index contributed by atoms with van der Waals surface area (Å²) in [6.07, 6.45) is 1.77. The number of fused-ring (bicyclic) bond motifs is 1. The van der Waals surface area contributed by atoms with Gasteiger partial charge in [-0.1, -0.05) is 0 Å². The molecule has 0 amide bonds. The van der Waals surface area contributed by atoms with Crippen molar-refractivity contribution in [2.45, 2.75) is 25.7 Å². The molecule has 1 aliphatic rings. The minimum absolute atomic E-state index is 0.0211. The molecule has 0 saturated heterocycles. The van der Waals surface area contributed by atoms with Crippen LogP contribution in [-0.4, -0.2) is 22.6 Å². The van der Waals surface area contributed by atoms with Crippen LogP contribution in [0.3, 0.4) is 0 Å². The standard InChI is InChI=1S/C13H13NO4/c14-8-6-5-7(13(17)18)11-9(15)3-1-2-4-10(16)12(8)11/h5-6H,1-4,14H2,(H,17,18). The first-order chi connectivity index (χ1) is 8.52. The van der Waals surface area contributed by atoms with Gasteiger partial charge in [0, 0.05) is 24.1 Å². The summed E-state index contributed by atoms with van der Waals surface area (Å²) < 4.78 is 0. The number of aromatic carboxylic acids is 1. The number of rotatable bonds is 1. The predicted molar refractivity (Wildman–Crippen MR) is 64.9 cm³/mol. The van der Waals surface area contributed by atoms with Crippen LogP contribution in [0.5, 0.6) is 0 Å². The van der Waals surface area contributed by atoms with Crippen molar-refractivity contribution in [3.05, 3.63) is 28.8 Å². The third kappa shape index (κ3) is 1.99. The molecule has 5 nitrogen and oxygen atoms in total. The molecule has 5 heteroatoms. The fourth-order valence-electron chi connectivity index (χ4n) is 2.21. The minimum atomic E-state index is -1.21. The van der Waals surface area contributed by atoms with Gasteiger partial charge in [-0.3, -0.25) is 9.59 Å². The largest absolute Gasteiger partial charge is 0.478 e. The van der Waals surface area contributed by atoms with Gasteiger partial charge >= 0.3 is 5.97 Å². The Morgan fingerprint density at radius 1 is 1.06 bits per heavy atom. The molecule has 1 aromatic rings. The maximum Gasteiger partial charge on any atom is 0.336 e. The van der Waals surface area contributed by atoms with Crippen molar-refractivity contribution in [1.82, 2.24) is 0 Å². The number of hydrogen-bond donors (Lipinski definition) is 2. The summed E-state index contributed by atoms with van der Waals surface area (Å²) in [4.78, 5) is 35.1. The van der Waals surface area contributed by atoms with Crippen LogP contribution in [-0.2, 0) is 0 Å². The van der Waals surface area contributed by atoms with Crippen molar-refractivity contribution >= 4 is 23.2 Å². The molecule has 0 heterocycles. The zero-order valence-electron chi connectivity index (χ0n) is 9.73. The van der Waals surface area contributed by atoms with Crippen molar-refractivity contribution in [2.24, 2.45) is 0 Å². The maximum absolute atomic E-state index is 12.0. The molecule has 3 N–H and O–H groups in total. The van der Waals surface area contributed by atoms with E-state index in [1.54, 1.807) is 0 Å². The van der Waals surface area contributed by atoms with Crippen LogP contribution in [0.25, 0.3) is 0 Å². The predicted octanol–water partition coefficient (Wildman–Crippen LogP) is 1.91. The molecule has 2 rings (SSSR count). The van der Waals surface area contributed by atoms with E-state index >= 15 is 0 Å². The summed E-state index contributed by atoms with van der Waals surface area (Å²) in [6.45, 7) is 0. The molecule has 18 heavy (non-hydrogen) atoms. The zero-order chi connectivity index (χ0) is 13.3. The Labute approximate surface area is 104 Å². The highest BCUT2D eigenvalue weighted by atomic mass is 16.4. The van der Waals surface area contributed by atoms with E-state index in [4.69, 9.17) is 10.8 Å². The van der Waals surface area contributed by atoms with Gasteiger partial charge in [0.05, 0.1) is 11.1 Å². The Hall–Kier alpha value is -2.17. The monoisotopic (exact) mass is 247 g/mol. The van der Waals surface area contributed by atoms with Gasteiger partial charge in [-0.15, -0.1) is 0 Å². The second-order valence-corrected chi connectivity index (χ2v) is 4.31. The molecule has 0 aromatic heterocycles. The van der Waals surface area contributed by atoms with Crippen molar-refractivity contribution in [3.63, 3.8) is 0 Å². The molecule has 0 spiro atoms. The molecule has 1 aromatic carbocycles. The van der Waals surface area contributed by atoms with Crippen molar-refractivity contribution < 1.29 is 19.5 Å². The van der Waals surface area contributed by atoms with E-state index in [-0.39, 0.29) is 40.4 Å². The number of Topliss-reactive ketones (excluding diaryl/α,β-unsaturated/α-hetero) is 2. The summed E-state index contributed by atoms with van der Waals surface area (Å²) in [7, 11) is 0. The summed E-state index contributed by atoms with van der Waals surface area (Å²) in [6, 6.07) is 2.65. The topological polar surface area (TPSA) is 97.5 Å². The van der Waals surface area contributed by atoms with Crippen LogP contribution in [0.15, 0.2) is 12.1 Å². The Bertz CT molecular complexity index is 548. The molecule has 0 unspecified atom stereocenters. The average molecular weight is 247 g/mol. The van der Waals surface area contributed by atoms with Crippen LogP contribution in [0.1, 0.15) is 56.8 Å². The third-order valence-corrected chi connectivity index (χ3v) is 3.08. The lowest BCUT2D eigenvalue weighted by molar-refractivity contribution is 0.0691. The molecule has 0 radical (unpaired) electrons. The molecule has 94 valence electrons. The Balaban J connectivity index is 2.74. The van der Waals surface area contributed by atoms with Crippen LogP contribution in [0.2, 0.25) is 0 Å². The van der Waals surface area contributed by atoms with Gasteiger partial charge in [0.1, 0.15) is 0 Å². The van der Waals surface area contributed by atoms with Crippen molar-refractivity contribution in [2.75, 3.05) is 5.73 Å². The number of carboxylic acids is 1. The normalized spacial score (nSPS) is 15.8. The molecule has 0 atom stereocenters. The fourth-order valence-corrected chi connectivity index (χ4v) is 2.21. The van der Waals surface area contributed by atoms with Gasteiger partial charge in [-0.25, -0.2) is 4.79 Å². The average Bonchev–Trinajstić information content (AvgIpc) is 2.31. The molecular weight excluding hydrogens is 234 g/mol. The summed E-state index contributed by atoms with van der Waals surface area (Å²) in [5.41, 5.74) is 5.82.